The Labute approximate surface area is 380 Å². The summed E-state index contributed by atoms with van der Waals surface area (Å²) >= 11 is 0. The number of fused-ring (bicyclic) bond motifs is 8. The first-order valence-corrected chi connectivity index (χ1v) is 22.4. The molecule has 9 aromatic carbocycles. The Morgan fingerprint density at radius 1 is 0.292 bits per heavy atom. The van der Waals surface area contributed by atoms with Gasteiger partial charge in [-0.15, -0.1) is 0 Å². The number of benzene rings is 9. The third kappa shape index (κ3) is 6.34. The summed E-state index contributed by atoms with van der Waals surface area (Å²) in [4.78, 5) is 10.5. The second-order valence-corrected chi connectivity index (χ2v) is 17.7. The van der Waals surface area contributed by atoms with Gasteiger partial charge in [0, 0.05) is 33.2 Å². The molecule has 0 N–H and O–H groups in total. The summed E-state index contributed by atoms with van der Waals surface area (Å²) in [5, 5.41) is 0. The zero-order valence-electron chi connectivity index (χ0n) is 36.2. The van der Waals surface area contributed by atoms with E-state index in [0.717, 1.165) is 73.0 Å². The average molecular weight is 833 g/mol. The summed E-state index contributed by atoms with van der Waals surface area (Å²) in [5.41, 5.74) is 18.4. The molecular formula is C62H44N2O. The van der Waals surface area contributed by atoms with Gasteiger partial charge in [0.2, 0.25) is 0 Å². The summed E-state index contributed by atoms with van der Waals surface area (Å²) in [6, 6.07) is 82.4. The predicted octanol–water partition coefficient (Wildman–Crippen LogP) is 15.6. The lowest BCUT2D eigenvalue weighted by Gasteiger charge is -2.50. The highest BCUT2D eigenvalue weighted by molar-refractivity contribution is 5.81. The molecule has 308 valence electrons. The summed E-state index contributed by atoms with van der Waals surface area (Å²) in [6.07, 6.45) is 0. The zero-order valence-corrected chi connectivity index (χ0v) is 36.2. The van der Waals surface area contributed by atoms with Crippen LogP contribution in [-0.4, -0.2) is 9.97 Å². The topological polar surface area (TPSA) is 35.0 Å². The molecule has 0 amide bonds. The van der Waals surface area contributed by atoms with Gasteiger partial charge in [-0.25, -0.2) is 9.97 Å². The summed E-state index contributed by atoms with van der Waals surface area (Å²) in [7, 11) is 0. The molecule has 12 rings (SSSR count). The van der Waals surface area contributed by atoms with E-state index in [9.17, 15) is 0 Å². The van der Waals surface area contributed by atoms with Gasteiger partial charge < -0.3 is 4.74 Å². The molecule has 1 aliphatic carbocycles. The second kappa shape index (κ2) is 15.3. The van der Waals surface area contributed by atoms with Crippen molar-refractivity contribution < 1.29 is 4.74 Å². The maximum atomic E-state index is 6.94. The predicted molar refractivity (Wildman–Crippen MR) is 265 cm³/mol. The maximum Gasteiger partial charge on any atom is 0.160 e. The van der Waals surface area contributed by atoms with Gasteiger partial charge in [-0.3, -0.25) is 0 Å². The summed E-state index contributed by atoms with van der Waals surface area (Å²) in [6.45, 7) is 4.71. The number of hydrogen-bond donors (Lipinski definition) is 0. The highest BCUT2D eigenvalue weighted by Crippen LogP contribution is 2.61. The fourth-order valence-electron chi connectivity index (χ4n) is 10.4. The number of para-hydroxylation sites is 1. The van der Waals surface area contributed by atoms with Gasteiger partial charge in [0.05, 0.1) is 16.8 Å². The van der Waals surface area contributed by atoms with Gasteiger partial charge >= 0.3 is 0 Å². The molecule has 65 heavy (non-hydrogen) atoms. The summed E-state index contributed by atoms with van der Waals surface area (Å²) < 4.78 is 6.94. The lowest BCUT2D eigenvalue weighted by Crippen LogP contribution is -2.43. The number of ether oxygens (including phenoxy) is 1. The van der Waals surface area contributed by atoms with E-state index in [4.69, 9.17) is 14.7 Å². The van der Waals surface area contributed by atoms with E-state index in [1.165, 1.54) is 33.4 Å². The van der Waals surface area contributed by atoms with Crippen LogP contribution in [0.4, 0.5) is 0 Å². The van der Waals surface area contributed by atoms with Gasteiger partial charge in [0.15, 0.2) is 5.82 Å². The van der Waals surface area contributed by atoms with Crippen LogP contribution in [0.15, 0.2) is 231 Å². The molecular weight excluding hydrogens is 789 g/mol. The van der Waals surface area contributed by atoms with Crippen LogP contribution in [0.5, 0.6) is 11.5 Å². The Balaban J connectivity index is 0.976. The van der Waals surface area contributed by atoms with Crippen LogP contribution in [0.2, 0.25) is 0 Å². The normalized spacial score (nSPS) is 13.8. The molecule has 0 radical (unpaired) electrons. The number of aromatic nitrogens is 2. The van der Waals surface area contributed by atoms with E-state index in [1.807, 2.05) is 12.1 Å². The van der Waals surface area contributed by atoms with E-state index in [2.05, 4.69) is 232 Å². The maximum absolute atomic E-state index is 6.94. The van der Waals surface area contributed by atoms with E-state index in [-0.39, 0.29) is 5.41 Å². The smallest absolute Gasteiger partial charge is 0.160 e. The Bertz CT molecular complexity index is 3260. The fourth-order valence-corrected chi connectivity index (χ4v) is 10.4. The molecule has 10 aromatic rings. The van der Waals surface area contributed by atoms with Crippen LogP contribution < -0.4 is 4.74 Å². The number of rotatable bonds is 6. The van der Waals surface area contributed by atoms with Gasteiger partial charge in [0.25, 0.3) is 0 Å². The summed E-state index contributed by atoms with van der Waals surface area (Å²) in [5.74, 6) is 2.40. The minimum absolute atomic E-state index is 0.178. The number of nitrogens with zero attached hydrogens (tertiary/aromatic N) is 2. The first-order valence-electron chi connectivity index (χ1n) is 22.4. The van der Waals surface area contributed by atoms with Crippen molar-refractivity contribution in [1.29, 1.82) is 0 Å². The second-order valence-electron chi connectivity index (χ2n) is 17.7. The molecule has 3 heteroatoms. The molecule has 0 saturated heterocycles. The first kappa shape index (κ1) is 38.5. The average Bonchev–Trinajstić information content (AvgIpc) is 3.38. The fraction of sp³-hybridized carbons (Fsp3) is 0.0645. The Hall–Kier alpha value is -8.14. The highest BCUT2D eigenvalue weighted by atomic mass is 16.5. The molecule has 2 heterocycles. The van der Waals surface area contributed by atoms with Gasteiger partial charge in [-0.2, -0.15) is 0 Å². The SMILES string of the molecule is CC1(C)c2ccccc2C2(c3ccccc3Oc3cc(-c4cccc(-c5nc(-c6ccc(-c7ccccc7)cc6)cc(-c6ccc(-c7ccccc7)cc6)n5)c4)ccc32)c2ccccc21. The van der Waals surface area contributed by atoms with Crippen molar-refractivity contribution >= 4 is 0 Å². The van der Waals surface area contributed by atoms with Gasteiger partial charge in [-0.1, -0.05) is 220 Å². The monoisotopic (exact) mass is 832 g/mol. The van der Waals surface area contributed by atoms with Crippen LogP contribution in [0, 0.1) is 0 Å². The van der Waals surface area contributed by atoms with Crippen molar-refractivity contribution in [2.24, 2.45) is 0 Å². The standard InChI is InChI=1S/C62H44N2O/c1-61(2)50-22-9-11-24-52(50)62(53-25-12-10-23-51(53)61)54-26-13-14-27-58(54)65-59-39-48(36-37-55(59)62)47-20-15-21-49(38-47)60-63-56(45-32-28-43(29-33-45)41-16-5-3-6-17-41)40-57(64-60)46-34-30-44(31-35-46)42-18-7-4-8-19-42/h3-40H,1-2H3. The van der Waals surface area contributed by atoms with Gasteiger partial charge in [0.1, 0.15) is 11.5 Å². The van der Waals surface area contributed by atoms with Crippen molar-refractivity contribution in [3.8, 4) is 78.8 Å². The molecule has 0 atom stereocenters. The van der Waals surface area contributed by atoms with Crippen molar-refractivity contribution in [3.63, 3.8) is 0 Å². The Kier molecular flexibility index (Phi) is 9.06. The van der Waals surface area contributed by atoms with Crippen LogP contribution in [0.25, 0.3) is 67.3 Å². The van der Waals surface area contributed by atoms with Crippen LogP contribution >= 0.6 is 0 Å². The van der Waals surface area contributed by atoms with Crippen molar-refractivity contribution in [2.45, 2.75) is 24.7 Å². The highest BCUT2D eigenvalue weighted by Gasteiger charge is 2.52. The largest absolute Gasteiger partial charge is 0.457 e. The molecule has 3 nitrogen and oxygen atoms in total. The zero-order chi connectivity index (χ0) is 43.5. The first-order chi connectivity index (χ1) is 31.9. The molecule has 1 spiro atoms. The third-order valence-corrected chi connectivity index (χ3v) is 13.7. The van der Waals surface area contributed by atoms with Crippen LogP contribution in [0.1, 0.15) is 47.2 Å². The molecule has 0 saturated carbocycles. The molecule has 0 unspecified atom stereocenters. The molecule has 0 bridgehead atoms. The van der Waals surface area contributed by atoms with E-state index in [1.54, 1.807) is 0 Å². The van der Waals surface area contributed by atoms with E-state index in [0.29, 0.717) is 5.82 Å². The van der Waals surface area contributed by atoms with Crippen molar-refractivity contribution in [1.82, 2.24) is 9.97 Å². The third-order valence-electron chi connectivity index (χ3n) is 13.7. The Morgan fingerprint density at radius 3 is 1.26 bits per heavy atom. The van der Waals surface area contributed by atoms with Crippen molar-refractivity contribution in [3.05, 3.63) is 264 Å². The minimum Gasteiger partial charge on any atom is -0.457 e. The van der Waals surface area contributed by atoms with Gasteiger partial charge in [-0.05, 0) is 79.9 Å². The molecule has 0 fully saturated rings. The van der Waals surface area contributed by atoms with Crippen LogP contribution in [-0.2, 0) is 10.8 Å². The lowest BCUT2D eigenvalue weighted by atomic mass is 9.53. The van der Waals surface area contributed by atoms with E-state index < -0.39 is 5.41 Å². The van der Waals surface area contributed by atoms with Crippen molar-refractivity contribution in [2.75, 3.05) is 0 Å². The molecule has 1 aliphatic heterocycles. The quantitative estimate of drug-likeness (QED) is 0.167. The lowest BCUT2D eigenvalue weighted by molar-refractivity contribution is 0.425. The minimum atomic E-state index is -0.559. The molecule has 2 aliphatic rings. The van der Waals surface area contributed by atoms with Crippen LogP contribution in [0.3, 0.4) is 0 Å². The molecule has 1 aromatic heterocycles. The number of hydrogen-bond acceptors (Lipinski definition) is 3. The Morgan fingerprint density at radius 2 is 0.692 bits per heavy atom. The van der Waals surface area contributed by atoms with E-state index >= 15 is 0 Å².